The number of carboxylic acid groups (broad SMARTS) is 1. The van der Waals surface area contributed by atoms with Crippen LogP contribution in [0.25, 0.3) is 0 Å². The molecule has 0 spiro atoms. The first-order valence-corrected chi connectivity index (χ1v) is 11.3. The lowest BCUT2D eigenvalue weighted by Crippen LogP contribution is -2.52. The van der Waals surface area contributed by atoms with Gasteiger partial charge in [0.2, 0.25) is 5.91 Å². The first kappa shape index (κ1) is 29.7. The third-order valence-electron chi connectivity index (χ3n) is 4.05. The molecule has 0 radical (unpaired) electrons. The summed E-state index contributed by atoms with van der Waals surface area (Å²) in [4.78, 5) is 58.7. The van der Waals surface area contributed by atoms with E-state index in [9.17, 15) is 14.4 Å². The van der Waals surface area contributed by atoms with Gasteiger partial charge in [0.1, 0.15) is 6.04 Å². The maximum absolute atomic E-state index is 12.6. The van der Waals surface area contributed by atoms with Crippen molar-refractivity contribution in [1.82, 2.24) is 10.6 Å². The third-order valence-corrected chi connectivity index (χ3v) is 4.05. The van der Waals surface area contributed by atoms with Gasteiger partial charge in [-0.1, -0.05) is 51.1 Å². The molecule has 2 atom stereocenters. The van der Waals surface area contributed by atoms with Crippen LogP contribution in [-0.2, 0) is 30.1 Å². The zero-order valence-corrected chi connectivity index (χ0v) is 19.5. The number of nitrogens with one attached hydrogen (secondary N) is 2. The fourth-order valence-electron chi connectivity index (χ4n) is 2.51. The molecule has 0 aliphatic heterocycles. The summed E-state index contributed by atoms with van der Waals surface area (Å²) >= 11 is 0. The summed E-state index contributed by atoms with van der Waals surface area (Å²) in [5.74, 6) is -2.19. The van der Waals surface area contributed by atoms with Crippen LogP contribution in [-0.4, -0.2) is 58.5 Å². The second-order valence-corrected chi connectivity index (χ2v) is 9.16. The molecule has 0 aliphatic carbocycles. The second kappa shape index (κ2) is 14.0. The molecule has 0 heterocycles. The maximum atomic E-state index is 12.6. The Morgan fingerprint density at radius 3 is 2.09 bits per heavy atom. The van der Waals surface area contributed by atoms with Crippen molar-refractivity contribution < 1.29 is 43.5 Å². The first-order chi connectivity index (χ1) is 14.6. The topological polar surface area (TPSA) is 185 Å². The highest BCUT2D eigenvalue weighted by Crippen LogP contribution is 2.19. The summed E-state index contributed by atoms with van der Waals surface area (Å²) in [7, 11) is -3.64. The van der Waals surface area contributed by atoms with Gasteiger partial charge in [-0.3, -0.25) is 14.2 Å². The summed E-state index contributed by atoms with van der Waals surface area (Å²) in [6.07, 6.45) is 0.678. The van der Waals surface area contributed by atoms with E-state index >= 15 is 0 Å². The van der Waals surface area contributed by atoms with Crippen molar-refractivity contribution in [2.75, 3.05) is 13.7 Å². The van der Waals surface area contributed by atoms with Crippen LogP contribution >= 0.6 is 7.82 Å². The van der Waals surface area contributed by atoms with Gasteiger partial charge in [-0.2, -0.15) is 0 Å². The molecular formula is C20H32N2O9P-. The van der Waals surface area contributed by atoms with Gasteiger partial charge in [0, 0.05) is 6.42 Å². The summed E-state index contributed by atoms with van der Waals surface area (Å²) in [6.45, 7) is 6.69. The number of rotatable bonds is 10. The molecule has 0 saturated carbocycles. The lowest BCUT2D eigenvalue weighted by molar-refractivity contribution is -0.214. The number of esters is 1. The number of carboxylic acids is 1. The molecule has 0 aliphatic rings. The quantitative estimate of drug-likeness (QED) is 0.231. The van der Waals surface area contributed by atoms with Gasteiger partial charge >= 0.3 is 11.9 Å². The summed E-state index contributed by atoms with van der Waals surface area (Å²) < 4.78 is 13.6. The Morgan fingerprint density at radius 2 is 1.66 bits per heavy atom. The number of aliphatic carboxylic acids is 1. The minimum Gasteiger partial charge on any atom is -0.756 e. The van der Waals surface area contributed by atoms with Gasteiger partial charge in [0.25, 0.3) is 7.82 Å². The van der Waals surface area contributed by atoms with Gasteiger partial charge in [-0.25, -0.2) is 4.79 Å². The Labute approximate surface area is 187 Å². The van der Waals surface area contributed by atoms with Crippen LogP contribution in [0.3, 0.4) is 0 Å². The van der Waals surface area contributed by atoms with E-state index in [2.05, 4.69) is 31.4 Å². The largest absolute Gasteiger partial charge is 0.756 e. The Hall–Kier alpha value is -2.30. The molecule has 1 aromatic rings. The fourth-order valence-corrected chi connectivity index (χ4v) is 2.51. The number of hydrogen-bond acceptors (Lipinski definition) is 7. The molecule has 0 bridgehead atoms. The molecule has 1 aromatic carbocycles. The van der Waals surface area contributed by atoms with E-state index in [0.717, 1.165) is 12.0 Å². The van der Waals surface area contributed by atoms with Gasteiger partial charge in [0.05, 0.1) is 19.6 Å². The molecule has 0 fully saturated rings. The molecule has 0 saturated heterocycles. The number of methoxy groups -OCH3 is 1. The Morgan fingerprint density at radius 1 is 1.12 bits per heavy atom. The van der Waals surface area contributed by atoms with Crippen LogP contribution < -0.4 is 15.5 Å². The van der Waals surface area contributed by atoms with Crippen molar-refractivity contribution in [3.05, 3.63) is 35.9 Å². The Kier molecular flexibility index (Phi) is 13.0. The molecule has 0 aromatic heterocycles. The van der Waals surface area contributed by atoms with Gasteiger partial charge < -0.3 is 35.2 Å². The van der Waals surface area contributed by atoms with Crippen LogP contribution in [0.1, 0.15) is 39.2 Å². The maximum Gasteiger partial charge on any atom is 0.328 e. The molecular weight excluding hydrogens is 443 g/mol. The lowest BCUT2D eigenvalue weighted by atomic mass is 9.92. The predicted octanol–water partition coefficient (Wildman–Crippen LogP) is 0.195. The van der Waals surface area contributed by atoms with E-state index in [4.69, 9.17) is 29.1 Å². The Balaban J connectivity index is 0.00000172. The minimum absolute atomic E-state index is 0.0547. The van der Waals surface area contributed by atoms with E-state index in [1.165, 1.54) is 7.11 Å². The molecule has 1 rings (SSSR count). The number of carbonyl (C=O) groups excluding carboxylic acids is 2. The molecule has 5 N–H and O–H groups in total. The second-order valence-electron chi connectivity index (χ2n) is 8.18. The number of carbonyl (C=O) groups is 3. The third kappa shape index (κ3) is 16.4. The predicted molar refractivity (Wildman–Crippen MR) is 114 cm³/mol. The van der Waals surface area contributed by atoms with E-state index in [-0.39, 0.29) is 18.3 Å². The van der Waals surface area contributed by atoms with Crippen molar-refractivity contribution in [3.8, 4) is 0 Å². The van der Waals surface area contributed by atoms with Crippen molar-refractivity contribution >= 4 is 25.7 Å². The monoisotopic (exact) mass is 475 g/mol. The fraction of sp³-hybridized carbons (Fsp3) is 0.550. The van der Waals surface area contributed by atoms with Crippen LogP contribution in [0.15, 0.2) is 30.3 Å². The molecule has 182 valence electrons. The van der Waals surface area contributed by atoms with Gasteiger partial charge in [-0.15, -0.1) is 0 Å². The molecule has 1 amide bonds. The zero-order chi connectivity index (χ0) is 24.9. The Bertz CT molecular complexity index is 767. The molecule has 11 nitrogen and oxygen atoms in total. The number of ether oxygens (including phenoxy) is 1. The number of hydrogen-bond donors (Lipinski definition) is 5. The van der Waals surface area contributed by atoms with Gasteiger partial charge in [-0.05, 0) is 23.9 Å². The summed E-state index contributed by atoms with van der Waals surface area (Å²) in [5.41, 5.74) is 0.919. The van der Waals surface area contributed by atoms with E-state index in [1.807, 2.05) is 30.3 Å². The number of amides is 1. The van der Waals surface area contributed by atoms with Gasteiger partial charge in [0.15, 0.2) is 0 Å². The standard InChI is InChI=1S/C20H30N2O5.H3O4P/c1-20(2,3)10-11-21-15(13-17(23)24)18(25)22-16(19(26)27-4)12-14-8-6-5-7-9-14;1-5(2,3)4/h5-9,15-16,21H,10-13H2,1-4H3,(H,22,25)(H,23,24);(H3,1,2,3,4)/p-1/t15-,16-;/m0./s1. The molecule has 0 unspecified atom stereocenters. The number of phosphoric acid groups is 1. The number of benzene rings is 1. The summed E-state index contributed by atoms with van der Waals surface area (Å²) in [6, 6.07) is 7.42. The van der Waals surface area contributed by atoms with Crippen molar-refractivity contribution in [1.29, 1.82) is 0 Å². The zero-order valence-electron chi connectivity index (χ0n) is 18.6. The highest BCUT2D eigenvalue weighted by atomic mass is 31.2. The van der Waals surface area contributed by atoms with E-state index < -0.39 is 37.8 Å². The van der Waals surface area contributed by atoms with Crippen LogP contribution in [0.2, 0.25) is 0 Å². The average molecular weight is 475 g/mol. The summed E-state index contributed by atoms with van der Waals surface area (Å²) in [5, 5.41) is 14.7. The highest BCUT2D eigenvalue weighted by molar-refractivity contribution is 7.43. The van der Waals surface area contributed by atoms with E-state index in [0.29, 0.717) is 6.54 Å². The highest BCUT2D eigenvalue weighted by Gasteiger charge is 2.28. The lowest BCUT2D eigenvalue weighted by Gasteiger charge is -2.23. The van der Waals surface area contributed by atoms with Crippen molar-refractivity contribution in [2.24, 2.45) is 5.41 Å². The average Bonchev–Trinajstić information content (AvgIpc) is 2.64. The SMILES string of the molecule is COC(=O)[C@H](Cc1ccccc1)NC(=O)[C@H](CC(=O)O)NCCC(C)(C)C.O=P([O-])(O)O. The van der Waals surface area contributed by atoms with Crippen molar-refractivity contribution in [3.63, 3.8) is 0 Å². The minimum atomic E-state index is -4.89. The van der Waals surface area contributed by atoms with Crippen LogP contribution in [0, 0.1) is 5.41 Å². The molecule has 12 heteroatoms. The van der Waals surface area contributed by atoms with Crippen molar-refractivity contribution in [2.45, 2.75) is 52.1 Å². The van der Waals surface area contributed by atoms with Crippen LogP contribution in [0.4, 0.5) is 0 Å². The first-order valence-electron chi connectivity index (χ1n) is 9.76. The molecule has 32 heavy (non-hydrogen) atoms. The van der Waals surface area contributed by atoms with E-state index in [1.54, 1.807) is 0 Å². The normalized spacial score (nSPS) is 13.2. The smallest absolute Gasteiger partial charge is 0.328 e. The van der Waals surface area contributed by atoms with Crippen LogP contribution in [0.5, 0.6) is 0 Å².